The molecule has 1 amide bonds. The second kappa shape index (κ2) is 7.27. The van der Waals surface area contributed by atoms with Crippen molar-refractivity contribution in [2.45, 2.75) is 30.7 Å². The number of amides is 1. The average Bonchev–Trinajstić information content (AvgIpc) is 3.04. The minimum absolute atomic E-state index is 0.0795. The Morgan fingerprint density at radius 1 is 1.22 bits per heavy atom. The number of thiophene rings is 1. The van der Waals surface area contributed by atoms with Gasteiger partial charge in [0.1, 0.15) is 0 Å². The Morgan fingerprint density at radius 3 is 2.39 bits per heavy atom. The maximum Gasteiger partial charge on any atom is 0.223 e. The fourth-order valence-corrected chi connectivity index (χ4v) is 3.63. The van der Waals surface area contributed by atoms with Gasteiger partial charge >= 0.3 is 0 Å². The van der Waals surface area contributed by atoms with Crippen molar-refractivity contribution in [1.29, 1.82) is 0 Å². The zero-order valence-electron chi connectivity index (χ0n) is 13.5. The van der Waals surface area contributed by atoms with Gasteiger partial charge in [0.05, 0.1) is 10.9 Å². The van der Waals surface area contributed by atoms with Crippen LogP contribution in [0.5, 0.6) is 0 Å². The van der Waals surface area contributed by atoms with Crippen molar-refractivity contribution in [3.63, 3.8) is 0 Å². The molecule has 1 aromatic heterocycles. The van der Waals surface area contributed by atoms with Crippen LogP contribution in [0.4, 0.5) is 0 Å². The van der Waals surface area contributed by atoms with Gasteiger partial charge in [-0.05, 0) is 53.4 Å². The normalized spacial score (nSPS) is 12.8. The average molecular weight is 351 g/mol. The molecule has 0 N–H and O–H groups in total. The number of hydrogen-bond acceptors (Lipinski definition) is 4. The number of nitrogens with zero attached hydrogens (tertiary/aromatic N) is 1. The van der Waals surface area contributed by atoms with Crippen molar-refractivity contribution < 1.29 is 13.2 Å². The molecule has 1 aromatic carbocycles. The van der Waals surface area contributed by atoms with Crippen LogP contribution in [0.15, 0.2) is 46.0 Å². The molecule has 0 aliphatic heterocycles. The Kier molecular flexibility index (Phi) is 5.59. The van der Waals surface area contributed by atoms with Gasteiger partial charge in [0.25, 0.3) is 0 Å². The lowest BCUT2D eigenvalue weighted by atomic mass is 10.1. The van der Waals surface area contributed by atoms with Gasteiger partial charge in [-0.1, -0.05) is 12.1 Å². The van der Waals surface area contributed by atoms with Crippen molar-refractivity contribution in [1.82, 2.24) is 4.90 Å². The number of rotatable bonds is 6. The molecule has 0 bridgehead atoms. The summed E-state index contributed by atoms with van der Waals surface area (Å²) >= 11 is 1.63. The molecule has 2 aromatic rings. The van der Waals surface area contributed by atoms with Gasteiger partial charge in [-0.25, -0.2) is 8.42 Å². The van der Waals surface area contributed by atoms with E-state index in [9.17, 15) is 13.2 Å². The zero-order chi connectivity index (χ0) is 17.0. The second-order valence-corrected chi connectivity index (χ2v) is 8.45. The monoisotopic (exact) mass is 351 g/mol. The van der Waals surface area contributed by atoms with E-state index in [1.165, 1.54) is 11.8 Å². The van der Waals surface area contributed by atoms with Gasteiger partial charge in [-0.2, -0.15) is 11.3 Å². The maximum atomic E-state index is 12.3. The van der Waals surface area contributed by atoms with Crippen molar-refractivity contribution in [3.8, 4) is 0 Å². The predicted molar refractivity (Wildman–Crippen MR) is 93.4 cm³/mol. The van der Waals surface area contributed by atoms with Crippen LogP contribution >= 0.6 is 11.3 Å². The third-order valence-electron chi connectivity index (χ3n) is 3.97. The van der Waals surface area contributed by atoms with Crippen LogP contribution in [-0.2, 0) is 21.1 Å². The van der Waals surface area contributed by atoms with Crippen LogP contribution in [-0.4, -0.2) is 32.5 Å². The quantitative estimate of drug-likeness (QED) is 0.802. The predicted octanol–water partition coefficient (Wildman–Crippen LogP) is 3.30. The summed E-state index contributed by atoms with van der Waals surface area (Å²) in [5.41, 5.74) is 2.10. The Labute approximate surface area is 141 Å². The van der Waals surface area contributed by atoms with Crippen molar-refractivity contribution >= 4 is 27.1 Å². The van der Waals surface area contributed by atoms with Crippen LogP contribution in [0.3, 0.4) is 0 Å². The van der Waals surface area contributed by atoms with Crippen LogP contribution < -0.4 is 0 Å². The first-order valence-corrected chi connectivity index (χ1v) is 10.2. The topological polar surface area (TPSA) is 54.5 Å². The van der Waals surface area contributed by atoms with Crippen molar-refractivity contribution in [3.05, 3.63) is 52.2 Å². The lowest BCUT2D eigenvalue weighted by molar-refractivity contribution is -0.131. The molecule has 1 atom stereocenters. The SMILES string of the molecule is CC(c1ccc(S(C)(=O)=O)cc1)N(C)C(=O)CCc1ccsc1. The number of hydrogen-bond donors (Lipinski definition) is 0. The van der Waals surface area contributed by atoms with Gasteiger partial charge < -0.3 is 4.90 Å². The summed E-state index contributed by atoms with van der Waals surface area (Å²) in [5.74, 6) is 0.0795. The highest BCUT2D eigenvalue weighted by atomic mass is 32.2. The third kappa shape index (κ3) is 4.65. The number of benzene rings is 1. The summed E-state index contributed by atoms with van der Waals surface area (Å²) in [6.07, 6.45) is 2.40. The summed E-state index contributed by atoms with van der Waals surface area (Å²) in [6.45, 7) is 1.94. The van der Waals surface area contributed by atoms with Crippen LogP contribution in [0.25, 0.3) is 0 Å². The van der Waals surface area contributed by atoms with E-state index in [1.54, 1.807) is 47.5 Å². The Balaban J connectivity index is 2.00. The number of sulfone groups is 1. The first-order valence-electron chi connectivity index (χ1n) is 7.36. The highest BCUT2D eigenvalue weighted by Gasteiger charge is 2.18. The van der Waals surface area contributed by atoms with Crippen LogP contribution in [0.2, 0.25) is 0 Å². The van der Waals surface area contributed by atoms with E-state index < -0.39 is 9.84 Å². The molecule has 0 aliphatic carbocycles. The lowest BCUT2D eigenvalue weighted by Gasteiger charge is -2.25. The minimum Gasteiger partial charge on any atom is -0.339 e. The molecule has 1 unspecified atom stereocenters. The first-order chi connectivity index (χ1) is 10.8. The fraction of sp³-hybridized carbons (Fsp3) is 0.353. The van der Waals surface area contributed by atoms with E-state index in [4.69, 9.17) is 0 Å². The molecule has 0 radical (unpaired) electrons. The van der Waals surface area contributed by atoms with Gasteiger partial charge in [0.15, 0.2) is 9.84 Å². The Bertz CT molecular complexity index is 750. The Morgan fingerprint density at radius 2 is 1.87 bits per heavy atom. The van der Waals surface area contributed by atoms with Crippen LogP contribution in [0, 0.1) is 0 Å². The van der Waals surface area contributed by atoms with E-state index in [0.717, 1.165) is 12.0 Å². The molecular formula is C17H21NO3S2. The second-order valence-electron chi connectivity index (χ2n) is 5.65. The maximum absolute atomic E-state index is 12.3. The molecule has 1 heterocycles. The van der Waals surface area contributed by atoms with E-state index in [1.807, 2.05) is 18.4 Å². The number of carbonyl (C=O) groups is 1. The summed E-state index contributed by atoms with van der Waals surface area (Å²) in [5, 5.41) is 4.07. The van der Waals surface area contributed by atoms with Gasteiger partial charge in [0, 0.05) is 19.7 Å². The molecule has 0 saturated heterocycles. The first kappa shape index (κ1) is 17.7. The van der Waals surface area contributed by atoms with E-state index in [0.29, 0.717) is 11.3 Å². The molecule has 2 rings (SSSR count). The van der Waals surface area contributed by atoms with Gasteiger partial charge in [-0.15, -0.1) is 0 Å². The molecule has 0 fully saturated rings. The summed E-state index contributed by atoms with van der Waals surface area (Å²) in [4.78, 5) is 14.3. The molecule has 124 valence electrons. The highest BCUT2D eigenvalue weighted by Crippen LogP contribution is 2.22. The lowest BCUT2D eigenvalue weighted by Crippen LogP contribution is -2.29. The van der Waals surface area contributed by atoms with E-state index >= 15 is 0 Å². The summed E-state index contributed by atoms with van der Waals surface area (Å²) in [7, 11) is -1.41. The highest BCUT2D eigenvalue weighted by molar-refractivity contribution is 7.90. The minimum atomic E-state index is -3.20. The van der Waals surface area contributed by atoms with Gasteiger partial charge in [-0.3, -0.25) is 4.79 Å². The molecule has 4 nitrogen and oxygen atoms in total. The molecule has 6 heteroatoms. The Hall–Kier alpha value is -1.66. The smallest absolute Gasteiger partial charge is 0.223 e. The van der Waals surface area contributed by atoms with Crippen LogP contribution in [0.1, 0.15) is 30.5 Å². The molecular weight excluding hydrogens is 330 g/mol. The zero-order valence-corrected chi connectivity index (χ0v) is 15.2. The molecule has 0 aliphatic rings. The molecule has 0 spiro atoms. The summed E-state index contributed by atoms with van der Waals surface area (Å²) in [6, 6.07) is 8.65. The molecule has 23 heavy (non-hydrogen) atoms. The van der Waals surface area contributed by atoms with E-state index in [-0.39, 0.29) is 11.9 Å². The van der Waals surface area contributed by atoms with Crippen molar-refractivity contribution in [2.75, 3.05) is 13.3 Å². The fourth-order valence-electron chi connectivity index (χ4n) is 2.30. The summed E-state index contributed by atoms with van der Waals surface area (Å²) < 4.78 is 23.0. The third-order valence-corrected chi connectivity index (χ3v) is 5.83. The molecule has 0 saturated carbocycles. The standard InChI is InChI=1S/C17H21NO3S2/c1-13(15-5-7-16(8-6-15)23(3,20)21)18(2)17(19)9-4-14-10-11-22-12-14/h5-8,10-13H,4,9H2,1-3H3. The van der Waals surface area contributed by atoms with Crippen molar-refractivity contribution in [2.24, 2.45) is 0 Å². The van der Waals surface area contributed by atoms with E-state index in [2.05, 4.69) is 5.38 Å². The van der Waals surface area contributed by atoms with Gasteiger partial charge in [0.2, 0.25) is 5.91 Å². The number of carbonyl (C=O) groups excluding carboxylic acids is 1. The largest absolute Gasteiger partial charge is 0.339 e. The number of aryl methyl sites for hydroxylation is 1.